The van der Waals surface area contributed by atoms with E-state index in [1.54, 1.807) is 24.3 Å². The molecule has 0 unspecified atom stereocenters. The number of aromatic hydroxyl groups is 1. The largest absolute Gasteiger partial charge is 0.508 e. The van der Waals surface area contributed by atoms with Gasteiger partial charge in [0, 0.05) is 22.3 Å². The van der Waals surface area contributed by atoms with Crippen LogP contribution in [0.2, 0.25) is 0 Å². The van der Waals surface area contributed by atoms with E-state index in [1.807, 2.05) is 0 Å². The lowest BCUT2D eigenvalue weighted by atomic mass is 9.93. The first-order valence-corrected chi connectivity index (χ1v) is 7.29. The highest BCUT2D eigenvalue weighted by Crippen LogP contribution is 2.20. The van der Waals surface area contributed by atoms with Crippen molar-refractivity contribution in [2.75, 3.05) is 0 Å². The Bertz CT molecular complexity index is 820. The number of hydrogen-bond donors (Lipinski definition) is 1. The molecule has 0 amide bonds. The highest BCUT2D eigenvalue weighted by atomic mass is 19.1. The van der Waals surface area contributed by atoms with Crippen molar-refractivity contribution in [2.45, 2.75) is 0 Å². The van der Waals surface area contributed by atoms with Gasteiger partial charge in [-0.1, -0.05) is 24.3 Å². The van der Waals surface area contributed by atoms with Crippen LogP contribution in [-0.2, 0) is 0 Å². The first-order chi connectivity index (χ1) is 11.6. The predicted molar refractivity (Wildman–Crippen MR) is 87.8 cm³/mol. The lowest BCUT2D eigenvalue weighted by molar-refractivity contribution is 0.100. The normalized spacial score (nSPS) is 10.4. The lowest BCUT2D eigenvalue weighted by Crippen LogP contribution is -2.11. The first kappa shape index (κ1) is 15.6. The molecule has 3 nitrogen and oxygen atoms in total. The summed E-state index contributed by atoms with van der Waals surface area (Å²) in [5.74, 6) is -1.04. The standard InChI is InChI=1S/C20H13FO3/c21-15-9-5-13(6-10-15)19(23)17-3-1-2-4-18(17)20(24)14-7-11-16(22)12-8-14/h1-12,22H. The maximum atomic E-state index is 13.0. The van der Waals surface area contributed by atoms with E-state index in [4.69, 9.17) is 0 Å². The van der Waals surface area contributed by atoms with Gasteiger partial charge in [-0.15, -0.1) is 0 Å². The Kier molecular flexibility index (Phi) is 4.20. The minimum atomic E-state index is -0.431. The lowest BCUT2D eigenvalue weighted by Gasteiger charge is -2.08. The molecular weight excluding hydrogens is 307 g/mol. The van der Waals surface area contributed by atoms with Crippen molar-refractivity contribution < 1.29 is 19.1 Å². The van der Waals surface area contributed by atoms with E-state index < -0.39 is 5.82 Å². The second-order valence-electron chi connectivity index (χ2n) is 5.26. The quantitative estimate of drug-likeness (QED) is 0.739. The molecule has 0 aliphatic carbocycles. The zero-order valence-corrected chi connectivity index (χ0v) is 12.6. The van der Waals surface area contributed by atoms with Gasteiger partial charge in [0.25, 0.3) is 0 Å². The van der Waals surface area contributed by atoms with Crippen molar-refractivity contribution in [2.24, 2.45) is 0 Å². The van der Waals surface area contributed by atoms with Gasteiger partial charge in [0.1, 0.15) is 11.6 Å². The summed E-state index contributed by atoms with van der Waals surface area (Å²) in [6, 6.07) is 17.5. The number of halogens is 1. The SMILES string of the molecule is O=C(c1ccc(O)cc1)c1ccccc1C(=O)c1ccc(F)cc1. The average molecular weight is 320 g/mol. The van der Waals surface area contributed by atoms with Crippen molar-refractivity contribution in [3.8, 4) is 5.75 Å². The molecule has 0 aliphatic rings. The first-order valence-electron chi connectivity index (χ1n) is 7.29. The van der Waals surface area contributed by atoms with Crippen LogP contribution < -0.4 is 0 Å². The second kappa shape index (κ2) is 6.46. The predicted octanol–water partition coefficient (Wildman–Crippen LogP) is 3.99. The number of ketones is 2. The van der Waals surface area contributed by atoms with Gasteiger partial charge in [0.05, 0.1) is 0 Å². The molecule has 0 atom stereocenters. The van der Waals surface area contributed by atoms with E-state index in [0.717, 1.165) is 0 Å². The van der Waals surface area contributed by atoms with Crippen LogP contribution in [0.5, 0.6) is 5.75 Å². The van der Waals surface area contributed by atoms with E-state index in [0.29, 0.717) is 11.1 Å². The Hall–Kier alpha value is -3.27. The summed E-state index contributed by atoms with van der Waals surface area (Å²) in [7, 11) is 0. The fourth-order valence-electron chi connectivity index (χ4n) is 2.40. The maximum absolute atomic E-state index is 13.0. The summed E-state index contributed by atoms with van der Waals surface area (Å²) >= 11 is 0. The fraction of sp³-hybridized carbons (Fsp3) is 0. The second-order valence-corrected chi connectivity index (χ2v) is 5.26. The number of phenols is 1. The Morgan fingerprint density at radius 2 is 1.08 bits per heavy atom. The van der Waals surface area contributed by atoms with Crippen LogP contribution >= 0.6 is 0 Å². The fourth-order valence-corrected chi connectivity index (χ4v) is 2.40. The third-order valence-electron chi connectivity index (χ3n) is 3.65. The monoisotopic (exact) mass is 320 g/mol. The number of benzene rings is 3. The molecule has 118 valence electrons. The number of rotatable bonds is 4. The zero-order chi connectivity index (χ0) is 17.1. The van der Waals surface area contributed by atoms with Crippen molar-refractivity contribution >= 4 is 11.6 Å². The van der Waals surface area contributed by atoms with Crippen molar-refractivity contribution in [1.29, 1.82) is 0 Å². The van der Waals surface area contributed by atoms with E-state index >= 15 is 0 Å². The van der Waals surface area contributed by atoms with Crippen LogP contribution in [0.3, 0.4) is 0 Å². The number of hydrogen-bond acceptors (Lipinski definition) is 3. The van der Waals surface area contributed by atoms with Crippen LogP contribution in [0, 0.1) is 5.82 Å². The van der Waals surface area contributed by atoms with Gasteiger partial charge in [-0.3, -0.25) is 9.59 Å². The van der Waals surface area contributed by atoms with E-state index in [-0.39, 0.29) is 28.4 Å². The molecule has 0 saturated carbocycles. The summed E-state index contributed by atoms with van der Waals surface area (Å²) in [6.07, 6.45) is 0. The topological polar surface area (TPSA) is 54.4 Å². The van der Waals surface area contributed by atoms with Crippen LogP contribution in [0.25, 0.3) is 0 Å². The van der Waals surface area contributed by atoms with Crippen molar-refractivity contribution in [1.82, 2.24) is 0 Å². The van der Waals surface area contributed by atoms with Crippen molar-refractivity contribution in [3.63, 3.8) is 0 Å². The van der Waals surface area contributed by atoms with E-state index in [9.17, 15) is 19.1 Å². The molecule has 3 rings (SSSR count). The van der Waals surface area contributed by atoms with E-state index in [1.165, 1.54) is 48.5 Å². The van der Waals surface area contributed by atoms with Crippen molar-refractivity contribution in [3.05, 3.63) is 101 Å². The summed E-state index contributed by atoms with van der Waals surface area (Å²) in [6.45, 7) is 0. The molecule has 3 aromatic rings. The summed E-state index contributed by atoms with van der Waals surface area (Å²) < 4.78 is 13.0. The van der Waals surface area contributed by atoms with Crippen LogP contribution in [0.1, 0.15) is 31.8 Å². The van der Waals surface area contributed by atoms with Gasteiger partial charge in [-0.25, -0.2) is 4.39 Å². The van der Waals surface area contributed by atoms with Gasteiger partial charge in [-0.2, -0.15) is 0 Å². The minimum Gasteiger partial charge on any atom is -0.508 e. The maximum Gasteiger partial charge on any atom is 0.193 e. The molecule has 0 fully saturated rings. The Morgan fingerprint density at radius 1 is 0.667 bits per heavy atom. The van der Waals surface area contributed by atoms with Gasteiger partial charge in [0.15, 0.2) is 11.6 Å². The Morgan fingerprint density at radius 3 is 1.54 bits per heavy atom. The van der Waals surface area contributed by atoms with Gasteiger partial charge < -0.3 is 5.11 Å². The van der Waals surface area contributed by atoms with Crippen LogP contribution in [0.4, 0.5) is 4.39 Å². The van der Waals surface area contributed by atoms with Crippen LogP contribution in [0.15, 0.2) is 72.8 Å². The van der Waals surface area contributed by atoms with Gasteiger partial charge >= 0.3 is 0 Å². The summed E-state index contributed by atoms with van der Waals surface area (Å²) in [5.41, 5.74) is 1.19. The minimum absolute atomic E-state index is 0.0576. The molecule has 0 saturated heterocycles. The third-order valence-corrected chi connectivity index (χ3v) is 3.65. The molecule has 3 aromatic carbocycles. The molecule has 0 heterocycles. The summed E-state index contributed by atoms with van der Waals surface area (Å²) in [4.78, 5) is 25.3. The highest BCUT2D eigenvalue weighted by Gasteiger charge is 2.19. The Labute approximate surface area is 138 Å². The molecule has 0 aliphatic heterocycles. The number of carbonyl (C=O) groups is 2. The zero-order valence-electron chi connectivity index (χ0n) is 12.6. The smallest absolute Gasteiger partial charge is 0.193 e. The molecular formula is C20H13FO3. The molecule has 1 N–H and O–H groups in total. The number of phenolic OH excluding ortho intramolecular Hbond substituents is 1. The molecule has 4 heteroatoms. The Balaban J connectivity index is 2.01. The molecule has 0 aromatic heterocycles. The third kappa shape index (κ3) is 3.08. The molecule has 0 radical (unpaired) electrons. The highest BCUT2D eigenvalue weighted by molar-refractivity contribution is 6.19. The van der Waals surface area contributed by atoms with Gasteiger partial charge in [-0.05, 0) is 48.5 Å². The number of carbonyl (C=O) groups excluding carboxylic acids is 2. The molecule has 24 heavy (non-hydrogen) atoms. The average Bonchev–Trinajstić information content (AvgIpc) is 2.62. The van der Waals surface area contributed by atoms with E-state index in [2.05, 4.69) is 0 Å². The molecule has 0 spiro atoms. The molecule has 0 bridgehead atoms. The summed E-state index contributed by atoms with van der Waals surface area (Å²) in [5, 5.41) is 9.33. The van der Waals surface area contributed by atoms with Crippen LogP contribution in [-0.4, -0.2) is 16.7 Å². The van der Waals surface area contributed by atoms with Gasteiger partial charge in [0.2, 0.25) is 0 Å².